The molecule has 0 saturated heterocycles. The van der Waals surface area contributed by atoms with Gasteiger partial charge in [0.15, 0.2) is 11.2 Å². The first-order valence-corrected chi connectivity index (χ1v) is 10.6. The number of imidazole rings is 1. The van der Waals surface area contributed by atoms with Gasteiger partial charge in [0, 0.05) is 13.3 Å². The topological polar surface area (TPSA) is 127 Å². The van der Waals surface area contributed by atoms with E-state index in [2.05, 4.69) is 20.5 Å². The van der Waals surface area contributed by atoms with Crippen molar-refractivity contribution in [3.05, 3.63) is 93.1 Å². The second kappa shape index (κ2) is 10.5. The van der Waals surface area contributed by atoms with Gasteiger partial charge in [0.25, 0.3) is 5.56 Å². The van der Waals surface area contributed by atoms with E-state index in [1.165, 1.54) is 22.4 Å². The zero-order valence-electron chi connectivity index (χ0n) is 18.5. The van der Waals surface area contributed by atoms with E-state index in [1.807, 2.05) is 54.6 Å². The summed E-state index contributed by atoms with van der Waals surface area (Å²) in [5, 5.41) is 14.7. The van der Waals surface area contributed by atoms with Crippen molar-refractivity contribution >= 4 is 29.4 Å². The van der Waals surface area contributed by atoms with Crippen molar-refractivity contribution in [2.24, 2.45) is 12.1 Å². The van der Waals surface area contributed by atoms with Crippen LogP contribution < -0.4 is 21.4 Å². The van der Waals surface area contributed by atoms with Crippen LogP contribution in [0.3, 0.4) is 0 Å². The highest BCUT2D eigenvalue weighted by Crippen LogP contribution is 2.17. The molecule has 4 rings (SSSR count). The summed E-state index contributed by atoms with van der Waals surface area (Å²) in [6.45, 7) is -0.0157. The van der Waals surface area contributed by atoms with Crippen molar-refractivity contribution < 1.29 is 9.84 Å². The maximum atomic E-state index is 12.6. The van der Waals surface area contributed by atoms with Crippen LogP contribution in [0.1, 0.15) is 5.56 Å². The molecule has 1 atom stereocenters. The van der Waals surface area contributed by atoms with Gasteiger partial charge in [0.1, 0.15) is 18.5 Å². The van der Waals surface area contributed by atoms with Crippen LogP contribution in [0, 0.1) is 0 Å². The Hall–Kier alpha value is -4.44. The van der Waals surface area contributed by atoms with Crippen molar-refractivity contribution in [3.8, 4) is 5.75 Å². The summed E-state index contributed by atoms with van der Waals surface area (Å²) in [5.41, 5.74) is 2.92. The summed E-state index contributed by atoms with van der Waals surface area (Å²) in [4.78, 5) is 31.2. The first-order valence-electron chi connectivity index (χ1n) is 10.6. The number of hydrazone groups is 1. The molecule has 0 saturated carbocycles. The van der Waals surface area contributed by atoms with Crippen LogP contribution >= 0.6 is 0 Å². The number of aliphatic hydroxyl groups is 1. The van der Waals surface area contributed by atoms with Gasteiger partial charge in [-0.15, -0.1) is 0 Å². The van der Waals surface area contributed by atoms with Gasteiger partial charge in [0.2, 0.25) is 5.95 Å². The van der Waals surface area contributed by atoms with E-state index in [-0.39, 0.29) is 30.3 Å². The largest absolute Gasteiger partial charge is 0.491 e. The first-order chi connectivity index (χ1) is 16.5. The summed E-state index contributed by atoms with van der Waals surface area (Å²) in [6.07, 6.45) is 4.21. The summed E-state index contributed by atoms with van der Waals surface area (Å²) in [6, 6.07) is 18.8. The third kappa shape index (κ3) is 5.30. The fourth-order valence-electron chi connectivity index (χ4n) is 3.33. The third-order valence-corrected chi connectivity index (χ3v) is 5.00. The predicted octanol–water partition coefficient (Wildman–Crippen LogP) is 1.97. The lowest BCUT2D eigenvalue weighted by Crippen LogP contribution is -2.30. The molecular formula is C24H24N6O4. The predicted molar refractivity (Wildman–Crippen MR) is 131 cm³/mol. The van der Waals surface area contributed by atoms with Crippen LogP contribution in [0.2, 0.25) is 0 Å². The average Bonchev–Trinajstić information content (AvgIpc) is 3.21. The van der Waals surface area contributed by atoms with Gasteiger partial charge in [-0.3, -0.25) is 14.3 Å². The number of aliphatic hydroxyl groups excluding tert-OH is 1. The van der Waals surface area contributed by atoms with Gasteiger partial charge in [-0.05, 0) is 23.8 Å². The molecule has 10 nitrogen and oxygen atoms in total. The lowest BCUT2D eigenvalue weighted by molar-refractivity contribution is 0.0938. The molecule has 0 aliphatic rings. The number of hydrogen-bond donors (Lipinski definition) is 3. The highest BCUT2D eigenvalue weighted by Gasteiger charge is 2.19. The maximum Gasteiger partial charge on any atom is 0.329 e. The lowest BCUT2D eigenvalue weighted by atomic mass is 10.2. The lowest BCUT2D eigenvalue weighted by Gasteiger charge is -2.15. The van der Waals surface area contributed by atoms with Crippen molar-refractivity contribution in [1.82, 2.24) is 19.1 Å². The van der Waals surface area contributed by atoms with Crippen LogP contribution in [0.15, 0.2) is 81.4 Å². The molecule has 0 aliphatic carbocycles. The summed E-state index contributed by atoms with van der Waals surface area (Å²) >= 11 is 0. The number of aromatic amines is 1. The van der Waals surface area contributed by atoms with Crippen LogP contribution in [-0.4, -0.2) is 43.1 Å². The summed E-state index contributed by atoms with van der Waals surface area (Å²) in [5.74, 6) is 0.815. The Kier molecular flexibility index (Phi) is 6.99. The third-order valence-electron chi connectivity index (χ3n) is 5.00. The molecule has 0 bridgehead atoms. The number of anilines is 1. The second-order valence-corrected chi connectivity index (χ2v) is 7.47. The van der Waals surface area contributed by atoms with E-state index >= 15 is 0 Å². The van der Waals surface area contributed by atoms with Gasteiger partial charge in [-0.2, -0.15) is 10.1 Å². The highest BCUT2D eigenvalue weighted by atomic mass is 16.5. The molecule has 0 fully saturated rings. The van der Waals surface area contributed by atoms with Crippen molar-refractivity contribution in [3.63, 3.8) is 0 Å². The van der Waals surface area contributed by atoms with Gasteiger partial charge in [-0.1, -0.05) is 54.6 Å². The molecule has 174 valence electrons. The molecule has 10 heteroatoms. The number of benzene rings is 2. The Balaban J connectivity index is 1.57. The van der Waals surface area contributed by atoms with Crippen LogP contribution in [0.25, 0.3) is 17.2 Å². The molecule has 0 spiro atoms. The van der Waals surface area contributed by atoms with Crippen LogP contribution in [0.5, 0.6) is 5.75 Å². The Labute approximate surface area is 194 Å². The Morgan fingerprint density at radius 1 is 1.15 bits per heavy atom. The van der Waals surface area contributed by atoms with E-state index in [0.29, 0.717) is 5.75 Å². The molecule has 3 N–H and O–H groups in total. The monoisotopic (exact) mass is 460 g/mol. The first kappa shape index (κ1) is 22.7. The number of aromatic nitrogens is 4. The number of nitrogens with zero attached hydrogens (tertiary/aromatic N) is 4. The molecule has 2 heterocycles. The Morgan fingerprint density at radius 2 is 1.85 bits per heavy atom. The number of H-pyrrole nitrogens is 1. The van der Waals surface area contributed by atoms with Crippen molar-refractivity contribution in [2.75, 3.05) is 12.0 Å². The average molecular weight is 460 g/mol. The summed E-state index contributed by atoms with van der Waals surface area (Å²) < 4.78 is 8.32. The minimum absolute atomic E-state index is 0.00409. The highest BCUT2D eigenvalue weighted by molar-refractivity contribution is 5.79. The number of fused-ring (bicyclic) bond motifs is 1. The fraction of sp³-hybridized carbons (Fsp3) is 0.167. The molecule has 2 aromatic carbocycles. The fourth-order valence-corrected chi connectivity index (χ4v) is 3.33. The number of nitrogens with one attached hydrogen (secondary N) is 2. The van der Waals surface area contributed by atoms with Crippen molar-refractivity contribution in [1.29, 1.82) is 0 Å². The zero-order valence-corrected chi connectivity index (χ0v) is 18.5. The minimum Gasteiger partial charge on any atom is -0.491 e. The van der Waals surface area contributed by atoms with Gasteiger partial charge >= 0.3 is 5.69 Å². The zero-order chi connectivity index (χ0) is 23.9. The van der Waals surface area contributed by atoms with Gasteiger partial charge in [0.05, 0.1) is 6.54 Å². The normalized spacial score (nSPS) is 12.5. The van der Waals surface area contributed by atoms with Crippen LogP contribution in [-0.2, 0) is 13.6 Å². The molecule has 0 aliphatic heterocycles. The standard InChI is InChI=1S/C24H24N6O4/c1-29-21-20(22(32)27-24(29)33)30(15-18(31)16-34-19-12-6-3-7-13-19)23(26-21)28-25-14-8-11-17-9-4-2-5-10-17/h2-14,18,31H,15-16H2,1H3,(H,26,28)(H,27,32,33)/b11-8+,25-14+/t18-/m1/s1. The number of rotatable bonds is 9. The van der Waals surface area contributed by atoms with E-state index in [1.54, 1.807) is 18.2 Å². The number of allylic oxidation sites excluding steroid dienone is 1. The number of para-hydroxylation sites is 1. The van der Waals surface area contributed by atoms with Gasteiger partial charge < -0.3 is 14.4 Å². The SMILES string of the molecule is Cn1c(=O)[nH]c(=O)c2c1nc(N/N=C/C=C/c1ccccc1)n2C[C@@H](O)COc1ccccc1. The molecule has 0 radical (unpaired) electrons. The van der Waals surface area contributed by atoms with Gasteiger partial charge in [-0.25, -0.2) is 10.2 Å². The molecule has 0 unspecified atom stereocenters. The quantitative estimate of drug-likeness (QED) is 0.259. The number of ether oxygens (including phenoxy) is 1. The van der Waals surface area contributed by atoms with E-state index in [4.69, 9.17) is 4.74 Å². The molecular weight excluding hydrogens is 436 g/mol. The van der Waals surface area contributed by atoms with E-state index in [0.717, 1.165) is 5.56 Å². The number of aryl methyl sites for hydroxylation is 1. The molecule has 4 aromatic rings. The maximum absolute atomic E-state index is 12.6. The van der Waals surface area contributed by atoms with E-state index in [9.17, 15) is 14.7 Å². The van der Waals surface area contributed by atoms with Crippen LogP contribution in [0.4, 0.5) is 5.95 Å². The number of hydrogen-bond acceptors (Lipinski definition) is 7. The Morgan fingerprint density at radius 3 is 2.59 bits per heavy atom. The Bertz CT molecular complexity index is 1420. The van der Waals surface area contributed by atoms with Crippen molar-refractivity contribution in [2.45, 2.75) is 12.6 Å². The molecule has 2 aromatic heterocycles. The smallest absolute Gasteiger partial charge is 0.329 e. The summed E-state index contributed by atoms with van der Waals surface area (Å²) in [7, 11) is 1.50. The molecule has 0 amide bonds. The molecule has 34 heavy (non-hydrogen) atoms. The second-order valence-electron chi connectivity index (χ2n) is 7.47. The minimum atomic E-state index is -0.961. The van der Waals surface area contributed by atoms with E-state index < -0.39 is 17.4 Å².